The van der Waals surface area contributed by atoms with Crippen LogP contribution in [0.15, 0.2) is 84.9 Å². The van der Waals surface area contributed by atoms with Crippen LogP contribution in [0.25, 0.3) is 0 Å². The number of rotatable bonds is 6. The minimum atomic E-state index is -0.00844. The van der Waals surface area contributed by atoms with Crippen molar-refractivity contribution in [2.24, 2.45) is 0 Å². The number of nitrogens with zero attached hydrogens (tertiary/aromatic N) is 1. The molecule has 1 unspecified atom stereocenters. The molecule has 4 nitrogen and oxygen atoms in total. The summed E-state index contributed by atoms with van der Waals surface area (Å²) in [5.74, 6) is 0.911. The highest BCUT2D eigenvalue weighted by atomic mass is 16.5. The molecule has 3 aromatic rings. The fourth-order valence-corrected chi connectivity index (χ4v) is 3.54. The quantitative estimate of drug-likeness (QED) is 0.706. The minimum Gasteiger partial charge on any atom is -0.489 e. The average molecular weight is 372 g/mol. The summed E-state index contributed by atoms with van der Waals surface area (Å²) in [6, 6.07) is 28.3. The Kier molecular flexibility index (Phi) is 5.57. The van der Waals surface area contributed by atoms with Crippen LogP contribution in [0.1, 0.15) is 17.5 Å². The number of nitrogens with one attached hydrogen (secondary N) is 1. The molecule has 1 atom stereocenters. The van der Waals surface area contributed by atoms with Gasteiger partial charge in [0, 0.05) is 13.1 Å². The van der Waals surface area contributed by atoms with Crippen molar-refractivity contribution in [1.82, 2.24) is 5.32 Å². The van der Waals surface area contributed by atoms with E-state index >= 15 is 0 Å². The third kappa shape index (κ3) is 4.34. The second-order valence-corrected chi connectivity index (χ2v) is 7.01. The van der Waals surface area contributed by atoms with Crippen LogP contribution < -0.4 is 15.0 Å². The summed E-state index contributed by atoms with van der Waals surface area (Å²) in [5.41, 5.74) is 3.36. The smallest absolute Gasteiger partial charge is 0.222 e. The first kappa shape index (κ1) is 18.1. The number of amides is 1. The fourth-order valence-electron chi connectivity index (χ4n) is 3.54. The van der Waals surface area contributed by atoms with Crippen molar-refractivity contribution >= 4 is 11.6 Å². The van der Waals surface area contributed by atoms with Crippen molar-refractivity contribution in [1.29, 1.82) is 0 Å². The summed E-state index contributed by atoms with van der Waals surface area (Å²) < 4.78 is 5.95. The Labute approximate surface area is 165 Å². The number of ether oxygens (including phenoxy) is 1. The molecule has 0 saturated carbocycles. The highest BCUT2D eigenvalue weighted by Crippen LogP contribution is 2.35. The number of hydrogen-bond donors (Lipinski definition) is 1. The minimum absolute atomic E-state index is 0.00844. The van der Waals surface area contributed by atoms with Gasteiger partial charge in [0.15, 0.2) is 0 Å². The lowest BCUT2D eigenvalue weighted by molar-refractivity contribution is -0.121. The number of hydrogen-bond acceptors (Lipinski definition) is 3. The normalized spacial score (nSPS) is 15.4. The van der Waals surface area contributed by atoms with Gasteiger partial charge in [-0.2, -0.15) is 0 Å². The highest BCUT2D eigenvalue weighted by molar-refractivity contribution is 5.77. The lowest BCUT2D eigenvalue weighted by Gasteiger charge is -2.38. The van der Waals surface area contributed by atoms with Crippen molar-refractivity contribution in [3.63, 3.8) is 0 Å². The number of carbonyl (C=O) groups excluding carboxylic acids is 1. The number of carbonyl (C=O) groups is 1. The Morgan fingerprint density at radius 1 is 0.893 bits per heavy atom. The average Bonchev–Trinajstić information content (AvgIpc) is 2.75. The summed E-state index contributed by atoms with van der Waals surface area (Å²) >= 11 is 0. The fraction of sp³-hybridized carbons (Fsp3) is 0.208. The Hall–Kier alpha value is -3.27. The Morgan fingerprint density at radius 3 is 2.29 bits per heavy atom. The molecule has 142 valence electrons. The Balaban J connectivity index is 1.47. The van der Waals surface area contributed by atoms with E-state index < -0.39 is 0 Å². The van der Waals surface area contributed by atoms with Crippen LogP contribution in [-0.4, -0.2) is 18.6 Å². The topological polar surface area (TPSA) is 41.6 Å². The molecule has 4 heteroatoms. The monoisotopic (exact) mass is 372 g/mol. The molecule has 0 aromatic heterocycles. The van der Waals surface area contributed by atoms with Gasteiger partial charge in [-0.25, -0.2) is 0 Å². The Bertz CT molecular complexity index is 912. The summed E-state index contributed by atoms with van der Waals surface area (Å²) in [6.45, 7) is 1.79. The van der Waals surface area contributed by atoms with Gasteiger partial charge in [0.25, 0.3) is 0 Å². The SMILES string of the molecule is O=C(CC1COc2ccccc2N1Cc1ccccc1)NCc1ccccc1. The molecule has 1 heterocycles. The molecule has 28 heavy (non-hydrogen) atoms. The van der Waals surface area contributed by atoms with Crippen molar-refractivity contribution in [2.45, 2.75) is 25.6 Å². The molecule has 1 amide bonds. The van der Waals surface area contributed by atoms with E-state index in [0.717, 1.165) is 23.5 Å². The lowest BCUT2D eigenvalue weighted by atomic mass is 10.1. The molecule has 0 saturated heterocycles. The van der Waals surface area contributed by atoms with E-state index in [4.69, 9.17) is 4.74 Å². The molecule has 0 fully saturated rings. The lowest BCUT2D eigenvalue weighted by Crippen LogP contribution is -2.45. The van der Waals surface area contributed by atoms with E-state index in [9.17, 15) is 4.79 Å². The number of anilines is 1. The molecule has 0 aliphatic carbocycles. The Morgan fingerprint density at radius 2 is 1.54 bits per heavy atom. The van der Waals surface area contributed by atoms with E-state index in [1.807, 2.05) is 66.7 Å². The van der Waals surface area contributed by atoms with E-state index in [1.165, 1.54) is 5.56 Å². The van der Waals surface area contributed by atoms with Crippen LogP contribution in [0, 0.1) is 0 Å². The van der Waals surface area contributed by atoms with Gasteiger partial charge in [-0.3, -0.25) is 4.79 Å². The zero-order valence-electron chi connectivity index (χ0n) is 15.8. The first-order valence-electron chi connectivity index (χ1n) is 9.62. The molecular formula is C24H24N2O2. The van der Waals surface area contributed by atoms with Crippen LogP contribution >= 0.6 is 0 Å². The molecular weight excluding hydrogens is 348 g/mol. The van der Waals surface area contributed by atoms with Gasteiger partial charge in [0.2, 0.25) is 5.91 Å². The first-order valence-corrected chi connectivity index (χ1v) is 9.62. The van der Waals surface area contributed by atoms with Crippen molar-refractivity contribution < 1.29 is 9.53 Å². The molecule has 0 bridgehead atoms. The third-order valence-electron chi connectivity index (χ3n) is 5.00. The predicted molar refractivity (Wildman–Crippen MR) is 111 cm³/mol. The van der Waals surface area contributed by atoms with E-state index in [1.54, 1.807) is 0 Å². The van der Waals surface area contributed by atoms with Crippen LogP contribution in [0.3, 0.4) is 0 Å². The van der Waals surface area contributed by atoms with Crippen LogP contribution in [0.4, 0.5) is 5.69 Å². The molecule has 1 N–H and O–H groups in total. The van der Waals surface area contributed by atoms with Crippen molar-refractivity contribution in [2.75, 3.05) is 11.5 Å². The standard InChI is InChI=1S/C24H24N2O2/c27-24(25-16-19-9-3-1-4-10-19)15-21-18-28-23-14-8-7-13-22(23)26(21)17-20-11-5-2-6-12-20/h1-14,21H,15-18H2,(H,25,27). The van der Waals surface area contributed by atoms with Crippen LogP contribution in [0.2, 0.25) is 0 Å². The van der Waals surface area contributed by atoms with Gasteiger partial charge in [-0.15, -0.1) is 0 Å². The first-order chi connectivity index (χ1) is 13.8. The van der Waals surface area contributed by atoms with Gasteiger partial charge < -0.3 is 15.0 Å². The maximum Gasteiger partial charge on any atom is 0.222 e. The summed E-state index contributed by atoms with van der Waals surface area (Å²) in [4.78, 5) is 14.9. The molecule has 0 spiro atoms. The van der Waals surface area contributed by atoms with Gasteiger partial charge in [-0.1, -0.05) is 72.8 Å². The van der Waals surface area contributed by atoms with Gasteiger partial charge >= 0.3 is 0 Å². The third-order valence-corrected chi connectivity index (χ3v) is 5.00. The van der Waals surface area contributed by atoms with Crippen LogP contribution in [0.5, 0.6) is 5.75 Å². The molecule has 4 rings (SSSR count). The van der Waals surface area contributed by atoms with Crippen molar-refractivity contribution in [3.05, 3.63) is 96.1 Å². The number of benzene rings is 3. The summed E-state index contributed by atoms with van der Waals surface area (Å²) in [5, 5.41) is 3.03. The number of fused-ring (bicyclic) bond motifs is 1. The largest absolute Gasteiger partial charge is 0.489 e. The molecule has 0 radical (unpaired) electrons. The zero-order valence-corrected chi connectivity index (χ0v) is 15.8. The second kappa shape index (κ2) is 8.61. The number of para-hydroxylation sites is 2. The van der Waals surface area contributed by atoms with Gasteiger partial charge in [-0.05, 0) is 23.3 Å². The highest BCUT2D eigenvalue weighted by Gasteiger charge is 2.29. The van der Waals surface area contributed by atoms with E-state index in [-0.39, 0.29) is 11.9 Å². The second-order valence-electron chi connectivity index (χ2n) is 7.01. The summed E-state index contributed by atoms with van der Waals surface area (Å²) in [6.07, 6.45) is 0.397. The van der Waals surface area contributed by atoms with Crippen molar-refractivity contribution in [3.8, 4) is 5.75 Å². The van der Waals surface area contributed by atoms with E-state index in [2.05, 4.69) is 28.4 Å². The van der Waals surface area contributed by atoms with Crippen LogP contribution in [-0.2, 0) is 17.9 Å². The molecule has 3 aromatic carbocycles. The molecule has 1 aliphatic heterocycles. The summed E-state index contributed by atoms with van der Waals surface area (Å²) in [7, 11) is 0. The predicted octanol–water partition coefficient (Wildman–Crippen LogP) is 4.16. The van der Waals surface area contributed by atoms with Gasteiger partial charge in [0.1, 0.15) is 12.4 Å². The maximum atomic E-state index is 12.6. The van der Waals surface area contributed by atoms with Gasteiger partial charge in [0.05, 0.1) is 18.2 Å². The van der Waals surface area contributed by atoms with E-state index in [0.29, 0.717) is 19.6 Å². The maximum absolute atomic E-state index is 12.6. The molecule has 1 aliphatic rings. The zero-order chi connectivity index (χ0) is 19.2.